The van der Waals surface area contributed by atoms with E-state index in [1.807, 2.05) is 0 Å². The molecule has 1 amide bonds. The van der Waals surface area contributed by atoms with Crippen molar-refractivity contribution in [1.82, 2.24) is 10.2 Å². The Bertz CT molecular complexity index is 718. The number of nitrogens with zero attached hydrogens (tertiary/aromatic N) is 2. The highest BCUT2D eigenvalue weighted by atomic mass is 35.5. The Morgan fingerprint density at radius 2 is 2.04 bits per heavy atom. The van der Waals surface area contributed by atoms with Crippen LogP contribution in [0.25, 0.3) is 0 Å². The zero-order valence-corrected chi connectivity index (χ0v) is 17.2. The van der Waals surface area contributed by atoms with Crippen molar-refractivity contribution in [3.05, 3.63) is 29.3 Å². The monoisotopic (exact) mass is 401 g/mol. The van der Waals surface area contributed by atoms with E-state index in [2.05, 4.69) is 17.3 Å². The van der Waals surface area contributed by atoms with Gasteiger partial charge in [0.15, 0.2) is 0 Å². The average molecular weight is 402 g/mol. The third kappa shape index (κ3) is 5.86. The van der Waals surface area contributed by atoms with Gasteiger partial charge in [0.25, 0.3) is 0 Å². The van der Waals surface area contributed by atoms with Crippen LogP contribution in [0.15, 0.2) is 24.3 Å². The lowest BCUT2D eigenvalue weighted by Crippen LogP contribution is -2.48. The first-order chi connectivity index (χ1) is 12.2. The van der Waals surface area contributed by atoms with Gasteiger partial charge in [0, 0.05) is 11.6 Å². The van der Waals surface area contributed by atoms with Gasteiger partial charge in [-0.25, -0.2) is 8.42 Å². The smallest absolute Gasteiger partial charge is 0.243 e. The van der Waals surface area contributed by atoms with Crippen molar-refractivity contribution in [3.8, 4) is 0 Å². The van der Waals surface area contributed by atoms with Crippen LogP contribution in [0, 0.1) is 5.92 Å². The van der Waals surface area contributed by atoms with Crippen molar-refractivity contribution in [2.75, 3.05) is 37.2 Å². The molecule has 0 spiro atoms. The summed E-state index contributed by atoms with van der Waals surface area (Å²) in [5.74, 6) is 0.309. The molecule has 1 aromatic carbocycles. The lowest BCUT2D eigenvalue weighted by molar-refractivity contribution is -0.121. The molecule has 0 aliphatic carbocycles. The zero-order valence-electron chi connectivity index (χ0n) is 15.6. The van der Waals surface area contributed by atoms with Gasteiger partial charge in [0.1, 0.15) is 6.04 Å². The third-order valence-electron chi connectivity index (χ3n) is 4.84. The topological polar surface area (TPSA) is 69.7 Å². The van der Waals surface area contributed by atoms with Crippen LogP contribution in [0.2, 0.25) is 5.02 Å². The number of halogens is 1. The third-order valence-corrected chi connectivity index (χ3v) is 6.32. The average Bonchev–Trinajstić information content (AvgIpc) is 2.55. The molecule has 0 bridgehead atoms. The van der Waals surface area contributed by atoms with Crippen LogP contribution in [0.1, 0.15) is 26.2 Å². The maximum absolute atomic E-state index is 12.5. The molecular weight excluding hydrogens is 374 g/mol. The molecule has 1 aromatic rings. The highest BCUT2D eigenvalue weighted by molar-refractivity contribution is 7.92. The van der Waals surface area contributed by atoms with E-state index < -0.39 is 16.1 Å². The number of hydrogen-bond donors (Lipinski definition) is 1. The van der Waals surface area contributed by atoms with Gasteiger partial charge in [-0.3, -0.25) is 9.10 Å². The molecule has 1 aliphatic heterocycles. The number of carbonyl (C=O) groups is 1. The molecule has 1 heterocycles. The van der Waals surface area contributed by atoms with Gasteiger partial charge in [-0.05, 0) is 70.4 Å². The van der Waals surface area contributed by atoms with E-state index >= 15 is 0 Å². The summed E-state index contributed by atoms with van der Waals surface area (Å²) in [4.78, 5) is 14.8. The number of piperidine rings is 1. The maximum atomic E-state index is 12.5. The van der Waals surface area contributed by atoms with Gasteiger partial charge >= 0.3 is 0 Å². The largest absolute Gasteiger partial charge is 0.354 e. The van der Waals surface area contributed by atoms with Gasteiger partial charge in [-0.1, -0.05) is 17.7 Å². The first kappa shape index (κ1) is 21.0. The Labute approximate surface area is 161 Å². The van der Waals surface area contributed by atoms with Crippen molar-refractivity contribution in [2.24, 2.45) is 5.92 Å². The highest BCUT2D eigenvalue weighted by Gasteiger charge is 2.29. The lowest BCUT2D eigenvalue weighted by atomic mass is 9.94. The minimum absolute atomic E-state index is 0.302. The van der Waals surface area contributed by atoms with Crippen molar-refractivity contribution in [3.63, 3.8) is 0 Å². The number of benzene rings is 1. The highest BCUT2D eigenvalue weighted by Crippen LogP contribution is 2.24. The summed E-state index contributed by atoms with van der Waals surface area (Å²) < 4.78 is 25.6. The Balaban J connectivity index is 1.97. The van der Waals surface area contributed by atoms with Crippen LogP contribution < -0.4 is 9.62 Å². The molecule has 1 fully saturated rings. The second kappa shape index (κ2) is 9.06. The van der Waals surface area contributed by atoms with Crippen LogP contribution in [0.3, 0.4) is 0 Å². The molecule has 1 N–H and O–H groups in total. The molecule has 26 heavy (non-hydrogen) atoms. The van der Waals surface area contributed by atoms with Gasteiger partial charge in [-0.2, -0.15) is 0 Å². The Morgan fingerprint density at radius 3 is 2.62 bits per heavy atom. The fraction of sp³-hybridized carbons (Fsp3) is 0.611. The minimum Gasteiger partial charge on any atom is -0.354 e. The second-order valence-electron chi connectivity index (χ2n) is 7.04. The zero-order chi connectivity index (χ0) is 19.3. The number of anilines is 1. The van der Waals surface area contributed by atoms with Crippen LogP contribution in [0.5, 0.6) is 0 Å². The fourth-order valence-corrected chi connectivity index (χ4v) is 4.67. The Hall–Kier alpha value is -1.31. The van der Waals surface area contributed by atoms with Crippen LogP contribution in [-0.4, -0.2) is 58.2 Å². The molecule has 0 saturated carbocycles. The molecule has 0 aromatic heterocycles. The summed E-state index contributed by atoms with van der Waals surface area (Å²) in [5.41, 5.74) is 0.387. The van der Waals surface area contributed by atoms with E-state index in [4.69, 9.17) is 11.6 Å². The normalized spacial score (nSPS) is 17.7. The summed E-state index contributed by atoms with van der Waals surface area (Å²) >= 11 is 5.98. The van der Waals surface area contributed by atoms with Gasteiger partial charge < -0.3 is 10.2 Å². The van der Waals surface area contributed by atoms with Crippen molar-refractivity contribution in [1.29, 1.82) is 0 Å². The van der Waals surface area contributed by atoms with Gasteiger partial charge in [-0.15, -0.1) is 0 Å². The van der Waals surface area contributed by atoms with E-state index in [1.54, 1.807) is 31.2 Å². The SMILES string of the molecule is C[C@@H](C(=O)NCCC1CCN(C)CC1)N(c1cccc(Cl)c1)S(C)(=O)=O. The van der Waals surface area contributed by atoms with Crippen LogP contribution in [-0.2, 0) is 14.8 Å². The van der Waals surface area contributed by atoms with E-state index in [-0.39, 0.29) is 5.91 Å². The van der Waals surface area contributed by atoms with Gasteiger partial charge in [0.2, 0.25) is 15.9 Å². The molecule has 6 nitrogen and oxygen atoms in total. The van der Waals surface area contributed by atoms with E-state index in [9.17, 15) is 13.2 Å². The number of nitrogens with one attached hydrogen (secondary N) is 1. The molecular formula is C18H28ClN3O3S. The molecule has 1 aliphatic rings. The molecule has 0 unspecified atom stereocenters. The number of rotatable bonds is 7. The number of carbonyl (C=O) groups excluding carboxylic acids is 1. The predicted molar refractivity (Wildman–Crippen MR) is 106 cm³/mol. The fourth-order valence-electron chi connectivity index (χ4n) is 3.32. The first-order valence-corrected chi connectivity index (χ1v) is 11.1. The van der Waals surface area contributed by atoms with Crippen molar-refractivity contribution in [2.45, 2.75) is 32.2 Å². The van der Waals surface area contributed by atoms with Crippen LogP contribution >= 0.6 is 11.6 Å². The lowest BCUT2D eigenvalue weighted by Gasteiger charge is -2.30. The molecule has 8 heteroatoms. The summed E-state index contributed by atoms with van der Waals surface area (Å²) in [7, 11) is -1.50. The number of hydrogen-bond acceptors (Lipinski definition) is 4. The predicted octanol–water partition coefficient (Wildman–Crippen LogP) is 2.34. The van der Waals surface area contributed by atoms with E-state index in [0.717, 1.165) is 42.9 Å². The van der Waals surface area contributed by atoms with Crippen LogP contribution in [0.4, 0.5) is 5.69 Å². The maximum Gasteiger partial charge on any atom is 0.243 e. The summed E-state index contributed by atoms with van der Waals surface area (Å²) in [6.45, 7) is 4.33. The number of amides is 1. The van der Waals surface area contributed by atoms with Crippen molar-refractivity contribution >= 4 is 33.2 Å². The van der Waals surface area contributed by atoms with E-state index in [0.29, 0.717) is 23.2 Å². The van der Waals surface area contributed by atoms with E-state index in [1.165, 1.54) is 0 Å². The number of likely N-dealkylation sites (tertiary alicyclic amines) is 1. The molecule has 0 radical (unpaired) electrons. The first-order valence-electron chi connectivity index (χ1n) is 8.89. The quantitative estimate of drug-likeness (QED) is 0.761. The second-order valence-corrected chi connectivity index (χ2v) is 9.34. The van der Waals surface area contributed by atoms with Crippen molar-refractivity contribution < 1.29 is 13.2 Å². The Kier molecular flexibility index (Phi) is 7.32. The summed E-state index contributed by atoms with van der Waals surface area (Å²) in [6.07, 6.45) is 4.29. The summed E-state index contributed by atoms with van der Waals surface area (Å²) in [5, 5.41) is 3.31. The summed E-state index contributed by atoms with van der Waals surface area (Å²) in [6, 6.07) is 5.67. The standard InChI is InChI=1S/C18H28ClN3O3S/c1-14(18(23)20-10-7-15-8-11-21(2)12-9-15)22(26(3,24)25)17-6-4-5-16(19)13-17/h4-6,13-15H,7-12H2,1-3H3,(H,20,23)/t14-/m0/s1. The number of sulfonamides is 1. The molecule has 1 saturated heterocycles. The molecule has 146 valence electrons. The van der Waals surface area contributed by atoms with Gasteiger partial charge in [0.05, 0.1) is 11.9 Å². The minimum atomic E-state index is -3.62. The Morgan fingerprint density at radius 1 is 1.38 bits per heavy atom. The molecule has 2 rings (SSSR count). The molecule has 1 atom stereocenters.